The first-order chi connectivity index (χ1) is 17.3. The second kappa shape index (κ2) is 13.4. The van der Waals surface area contributed by atoms with Gasteiger partial charge in [0, 0.05) is 9.13 Å². The van der Waals surface area contributed by atoms with Crippen molar-refractivity contribution in [3.05, 3.63) is 56.4 Å². The molecule has 0 saturated carbocycles. The highest BCUT2D eigenvalue weighted by atomic mass is 127. The molecule has 14 heteroatoms. The second-order valence-corrected chi connectivity index (χ2v) is 9.50. The molecule has 37 heavy (non-hydrogen) atoms. The standard InChI is InChI=1S/C23H26F3IN4O6/c1-5-36-31(34)21(32)15-10-13(12-29-35-9-8-28-22(33)37-23(2,3)4)18(25)19(26)20(15)30-17-7-6-14(27)11-16(17)24/h6-7,10-12,30,34H,5,8-9H2,1-4H3,(H,28,33). The Kier molecular flexibility index (Phi) is 10.9. The van der Waals surface area contributed by atoms with Crippen molar-refractivity contribution in [3.63, 3.8) is 0 Å². The predicted molar refractivity (Wildman–Crippen MR) is 136 cm³/mol. The molecule has 0 bridgehead atoms. The van der Waals surface area contributed by atoms with E-state index in [1.807, 2.05) is 22.6 Å². The molecule has 0 unspecified atom stereocenters. The summed E-state index contributed by atoms with van der Waals surface area (Å²) in [5.74, 6) is -5.01. The number of amides is 2. The van der Waals surface area contributed by atoms with E-state index in [-0.39, 0.29) is 30.7 Å². The molecule has 0 atom stereocenters. The minimum atomic E-state index is -1.54. The quantitative estimate of drug-likeness (QED) is 0.109. The molecule has 3 N–H and O–H groups in total. The fourth-order valence-corrected chi connectivity index (χ4v) is 3.15. The molecule has 0 saturated heterocycles. The lowest BCUT2D eigenvalue weighted by Gasteiger charge is -2.19. The van der Waals surface area contributed by atoms with Gasteiger partial charge in [-0.3, -0.25) is 10.0 Å². The molecule has 0 heterocycles. The summed E-state index contributed by atoms with van der Waals surface area (Å²) in [5.41, 5.74) is -2.75. The second-order valence-electron chi connectivity index (χ2n) is 8.26. The van der Waals surface area contributed by atoms with Crippen LogP contribution in [0.3, 0.4) is 0 Å². The van der Waals surface area contributed by atoms with E-state index < -0.39 is 51.9 Å². The van der Waals surface area contributed by atoms with Crippen molar-refractivity contribution in [2.75, 3.05) is 25.1 Å². The summed E-state index contributed by atoms with van der Waals surface area (Å²) < 4.78 is 49.8. The first-order valence-corrected chi connectivity index (χ1v) is 11.9. The van der Waals surface area contributed by atoms with Crippen LogP contribution in [0.5, 0.6) is 0 Å². The fourth-order valence-electron chi connectivity index (χ4n) is 2.70. The maximum atomic E-state index is 15.1. The van der Waals surface area contributed by atoms with Crippen LogP contribution in [0, 0.1) is 21.0 Å². The van der Waals surface area contributed by atoms with Gasteiger partial charge in [-0.1, -0.05) is 10.4 Å². The Bertz CT molecular complexity index is 1160. The van der Waals surface area contributed by atoms with Crippen LogP contribution < -0.4 is 10.6 Å². The molecule has 10 nitrogen and oxygen atoms in total. The summed E-state index contributed by atoms with van der Waals surface area (Å²) in [6.07, 6.45) is 0.118. The summed E-state index contributed by atoms with van der Waals surface area (Å²) in [6, 6.07) is 4.81. The minimum absolute atomic E-state index is 0.00506. The molecule has 0 spiro atoms. The van der Waals surface area contributed by atoms with Crippen molar-refractivity contribution in [3.8, 4) is 0 Å². The van der Waals surface area contributed by atoms with E-state index in [4.69, 9.17) is 14.4 Å². The maximum Gasteiger partial charge on any atom is 0.407 e. The molecule has 0 aliphatic carbocycles. The number of ether oxygens (including phenoxy) is 1. The number of oxime groups is 1. The average molecular weight is 638 g/mol. The lowest BCUT2D eigenvalue weighted by Crippen LogP contribution is -2.34. The number of hydroxylamine groups is 2. The summed E-state index contributed by atoms with van der Waals surface area (Å²) in [7, 11) is 0. The Balaban J connectivity index is 2.26. The van der Waals surface area contributed by atoms with Gasteiger partial charge in [-0.15, -0.1) is 0 Å². The average Bonchev–Trinajstić information content (AvgIpc) is 2.80. The largest absolute Gasteiger partial charge is 0.444 e. The molecule has 0 radical (unpaired) electrons. The Morgan fingerprint density at radius 3 is 2.51 bits per heavy atom. The summed E-state index contributed by atoms with van der Waals surface area (Å²) in [4.78, 5) is 33.9. The molecule has 202 valence electrons. The first-order valence-electron chi connectivity index (χ1n) is 10.9. The third-order valence-corrected chi connectivity index (χ3v) is 4.88. The maximum absolute atomic E-state index is 15.1. The van der Waals surface area contributed by atoms with Gasteiger partial charge in [0.1, 0.15) is 18.0 Å². The first kappa shape index (κ1) is 30.1. The number of anilines is 2. The Labute approximate surface area is 224 Å². The third kappa shape index (κ3) is 9.05. The van der Waals surface area contributed by atoms with Crippen molar-refractivity contribution in [1.29, 1.82) is 0 Å². The summed E-state index contributed by atoms with van der Waals surface area (Å²) >= 11 is 1.87. The van der Waals surface area contributed by atoms with Crippen molar-refractivity contribution in [2.24, 2.45) is 5.16 Å². The van der Waals surface area contributed by atoms with E-state index in [1.165, 1.54) is 19.1 Å². The van der Waals surface area contributed by atoms with E-state index in [0.29, 0.717) is 3.57 Å². The van der Waals surface area contributed by atoms with Crippen LogP contribution in [-0.2, 0) is 14.4 Å². The van der Waals surface area contributed by atoms with Gasteiger partial charge >= 0.3 is 12.0 Å². The van der Waals surface area contributed by atoms with E-state index in [9.17, 15) is 23.6 Å². The zero-order valence-corrected chi connectivity index (χ0v) is 22.6. The number of benzene rings is 2. The molecule has 0 fully saturated rings. The Morgan fingerprint density at radius 2 is 1.89 bits per heavy atom. The van der Waals surface area contributed by atoms with Crippen LogP contribution in [0.1, 0.15) is 43.6 Å². The minimum Gasteiger partial charge on any atom is -0.444 e. The molecule has 2 aromatic rings. The van der Waals surface area contributed by atoms with Crippen LogP contribution in [0.25, 0.3) is 0 Å². The van der Waals surface area contributed by atoms with Crippen molar-refractivity contribution < 1.29 is 42.4 Å². The molecule has 2 rings (SSSR count). The Hall–Kier alpha value is -3.11. The van der Waals surface area contributed by atoms with Gasteiger partial charge in [-0.25, -0.2) is 22.8 Å². The monoisotopic (exact) mass is 638 g/mol. The lowest BCUT2D eigenvalue weighted by atomic mass is 10.1. The lowest BCUT2D eigenvalue weighted by molar-refractivity contribution is -0.294. The highest BCUT2D eigenvalue weighted by Crippen LogP contribution is 2.31. The number of rotatable bonds is 10. The highest BCUT2D eigenvalue weighted by Gasteiger charge is 2.26. The Morgan fingerprint density at radius 1 is 1.19 bits per heavy atom. The van der Waals surface area contributed by atoms with Gasteiger partial charge in [0.2, 0.25) is 0 Å². The van der Waals surface area contributed by atoms with Gasteiger partial charge in [0.15, 0.2) is 11.6 Å². The number of hydrogen-bond donors (Lipinski definition) is 3. The molecule has 2 aromatic carbocycles. The predicted octanol–water partition coefficient (Wildman–Crippen LogP) is 5.11. The third-order valence-electron chi connectivity index (χ3n) is 4.21. The molecule has 0 aromatic heterocycles. The molecular weight excluding hydrogens is 612 g/mol. The fraction of sp³-hybridized carbons (Fsp3) is 0.348. The number of hydrogen-bond acceptors (Lipinski definition) is 8. The van der Waals surface area contributed by atoms with E-state index in [0.717, 1.165) is 18.3 Å². The SMILES string of the molecule is CCON(O)C(=O)c1cc(C=NOCCNC(=O)OC(C)(C)C)c(F)c(F)c1Nc1ccc(I)cc1F. The van der Waals surface area contributed by atoms with Crippen molar-refractivity contribution >= 4 is 52.2 Å². The summed E-state index contributed by atoms with van der Waals surface area (Å²) in [5, 5.41) is 18.0. The topological polar surface area (TPSA) is 122 Å². The van der Waals surface area contributed by atoms with Gasteiger partial charge < -0.3 is 20.2 Å². The van der Waals surface area contributed by atoms with E-state index in [1.54, 1.807) is 20.8 Å². The number of carbonyl (C=O) groups excluding carboxylic acids is 2. The van der Waals surface area contributed by atoms with Crippen molar-refractivity contribution in [2.45, 2.75) is 33.3 Å². The van der Waals surface area contributed by atoms with Gasteiger partial charge in [-0.05, 0) is 74.6 Å². The highest BCUT2D eigenvalue weighted by molar-refractivity contribution is 14.1. The zero-order valence-electron chi connectivity index (χ0n) is 20.4. The number of alkyl carbamates (subject to hydrolysis) is 1. The zero-order chi connectivity index (χ0) is 27.8. The van der Waals surface area contributed by atoms with Gasteiger partial charge in [-0.2, -0.15) is 0 Å². The summed E-state index contributed by atoms with van der Waals surface area (Å²) in [6.45, 7) is 6.33. The van der Waals surface area contributed by atoms with Crippen LogP contribution >= 0.6 is 22.6 Å². The van der Waals surface area contributed by atoms with Gasteiger partial charge in [0.25, 0.3) is 0 Å². The van der Waals surface area contributed by atoms with Crippen molar-refractivity contribution in [1.82, 2.24) is 10.5 Å². The van der Waals surface area contributed by atoms with Gasteiger partial charge in [0.05, 0.1) is 36.3 Å². The van der Waals surface area contributed by atoms with Crippen LogP contribution in [-0.4, -0.2) is 54.0 Å². The van der Waals surface area contributed by atoms with Crippen LogP contribution in [0.15, 0.2) is 29.4 Å². The number of nitrogens with zero attached hydrogens (tertiary/aromatic N) is 2. The van der Waals surface area contributed by atoms with Crippen LogP contribution in [0.4, 0.5) is 29.3 Å². The smallest absolute Gasteiger partial charge is 0.407 e. The number of halogens is 4. The number of carbonyl (C=O) groups is 2. The van der Waals surface area contributed by atoms with E-state index >= 15 is 4.39 Å². The molecular formula is C23H26F3IN4O6. The normalized spacial score (nSPS) is 11.4. The van der Waals surface area contributed by atoms with Crippen LogP contribution in [0.2, 0.25) is 0 Å². The van der Waals surface area contributed by atoms with E-state index in [2.05, 4.69) is 15.8 Å². The molecule has 0 aliphatic rings. The molecule has 2 amide bonds. The number of nitrogens with one attached hydrogen (secondary N) is 2. The molecule has 0 aliphatic heterocycles.